The molecule has 0 unspecified atom stereocenters. The van der Waals surface area contributed by atoms with E-state index in [1.807, 2.05) is 0 Å². The molecule has 0 radical (unpaired) electrons. The Morgan fingerprint density at radius 2 is 1.90 bits per heavy atom. The van der Waals surface area contributed by atoms with Crippen molar-refractivity contribution >= 4 is 0 Å². The van der Waals surface area contributed by atoms with Crippen LogP contribution < -0.4 is 0 Å². The molecule has 0 amide bonds. The Kier molecular flexibility index (Phi) is 5.70. The predicted molar refractivity (Wildman–Crippen MR) is 47.2 cm³/mol. The van der Waals surface area contributed by atoms with Gasteiger partial charge in [0.05, 0.1) is 0 Å². The maximum atomic E-state index is 2.33. The van der Waals surface area contributed by atoms with E-state index in [4.69, 9.17) is 0 Å². The minimum absolute atomic E-state index is 0.870. The van der Waals surface area contributed by atoms with Crippen LogP contribution in [0.3, 0.4) is 0 Å². The van der Waals surface area contributed by atoms with Crippen molar-refractivity contribution in [2.24, 2.45) is 5.92 Å². The van der Waals surface area contributed by atoms with Gasteiger partial charge in [-0.15, -0.1) is 0 Å². The van der Waals surface area contributed by atoms with Gasteiger partial charge in [0.1, 0.15) is 0 Å². The lowest BCUT2D eigenvalue weighted by molar-refractivity contribution is 0.323. The van der Waals surface area contributed by atoms with Crippen molar-refractivity contribution in [1.82, 2.24) is 4.90 Å². The van der Waals surface area contributed by atoms with Gasteiger partial charge in [0.25, 0.3) is 0 Å². The van der Waals surface area contributed by atoms with E-state index in [0.717, 1.165) is 5.92 Å². The Balaban J connectivity index is 3.16. The smallest absolute Gasteiger partial charge is 0.0000919 e. The average molecular weight is 143 g/mol. The zero-order chi connectivity index (χ0) is 7.98. The quantitative estimate of drug-likeness (QED) is 0.571. The molecule has 0 fully saturated rings. The molecule has 0 rings (SSSR count). The topological polar surface area (TPSA) is 3.24 Å². The maximum absolute atomic E-state index is 2.33. The first-order valence-corrected chi connectivity index (χ1v) is 4.31. The van der Waals surface area contributed by atoms with Crippen molar-refractivity contribution in [3.63, 3.8) is 0 Å². The average Bonchev–Trinajstić information content (AvgIpc) is 1.82. The Bertz CT molecular complexity index is 69.1. The van der Waals surface area contributed by atoms with Gasteiger partial charge < -0.3 is 4.90 Å². The summed E-state index contributed by atoms with van der Waals surface area (Å²) in [7, 11) is 4.28. The van der Waals surface area contributed by atoms with Gasteiger partial charge in [0, 0.05) is 6.54 Å². The summed E-state index contributed by atoms with van der Waals surface area (Å²) in [6.07, 6.45) is 4.10. The summed E-state index contributed by atoms with van der Waals surface area (Å²) in [5, 5.41) is 0. The summed E-state index contributed by atoms with van der Waals surface area (Å²) in [6.45, 7) is 5.82. The molecule has 0 heterocycles. The molecule has 1 heteroatoms. The Labute approximate surface area is 65.4 Å². The van der Waals surface area contributed by atoms with Crippen LogP contribution in [0.5, 0.6) is 0 Å². The van der Waals surface area contributed by atoms with Crippen LogP contribution in [0, 0.1) is 5.92 Å². The van der Waals surface area contributed by atoms with Crippen LogP contribution in [-0.4, -0.2) is 25.5 Å². The second-order valence-corrected chi connectivity index (χ2v) is 3.51. The first-order chi connectivity index (χ1) is 4.66. The largest absolute Gasteiger partial charge is 0.309 e. The zero-order valence-corrected chi connectivity index (χ0v) is 7.85. The van der Waals surface area contributed by atoms with Gasteiger partial charge >= 0.3 is 0 Å². The van der Waals surface area contributed by atoms with E-state index in [0.29, 0.717) is 0 Å². The summed E-state index contributed by atoms with van der Waals surface area (Å²) in [5.74, 6) is 0.870. The molecule has 0 aliphatic carbocycles. The van der Waals surface area contributed by atoms with Crippen LogP contribution in [0.15, 0.2) is 0 Å². The summed E-state index contributed by atoms with van der Waals surface area (Å²) < 4.78 is 0. The van der Waals surface area contributed by atoms with E-state index in [1.54, 1.807) is 0 Å². The van der Waals surface area contributed by atoms with Gasteiger partial charge in [-0.05, 0) is 26.4 Å². The SMILES string of the molecule is CCCC[C@H](C)CN(C)C. The molecule has 0 bridgehead atoms. The fourth-order valence-electron chi connectivity index (χ4n) is 1.27. The second kappa shape index (κ2) is 5.72. The van der Waals surface area contributed by atoms with Crippen LogP contribution >= 0.6 is 0 Å². The second-order valence-electron chi connectivity index (χ2n) is 3.51. The molecule has 10 heavy (non-hydrogen) atoms. The minimum atomic E-state index is 0.870. The van der Waals surface area contributed by atoms with Crippen molar-refractivity contribution in [3.05, 3.63) is 0 Å². The molecule has 0 N–H and O–H groups in total. The number of rotatable bonds is 5. The highest BCUT2D eigenvalue weighted by Gasteiger charge is 2.01. The fraction of sp³-hybridized carbons (Fsp3) is 1.00. The number of hydrogen-bond acceptors (Lipinski definition) is 1. The van der Waals surface area contributed by atoms with Gasteiger partial charge in [-0.3, -0.25) is 0 Å². The maximum Gasteiger partial charge on any atom is 0.0000919 e. The van der Waals surface area contributed by atoms with Crippen molar-refractivity contribution < 1.29 is 0 Å². The van der Waals surface area contributed by atoms with Crippen molar-refractivity contribution in [1.29, 1.82) is 0 Å². The van der Waals surface area contributed by atoms with Crippen molar-refractivity contribution in [3.8, 4) is 0 Å². The molecular weight excluding hydrogens is 122 g/mol. The summed E-state index contributed by atoms with van der Waals surface area (Å²) in [4.78, 5) is 2.26. The first-order valence-electron chi connectivity index (χ1n) is 4.31. The number of nitrogens with zero attached hydrogens (tertiary/aromatic N) is 1. The number of unbranched alkanes of at least 4 members (excludes halogenated alkanes) is 1. The van der Waals surface area contributed by atoms with Gasteiger partial charge in [-0.1, -0.05) is 26.7 Å². The summed E-state index contributed by atoms with van der Waals surface area (Å²) in [5.41, 5.74) is 0. The molecule has 1 nitrogen and oxygen atoms in total. The molecule has 62 valence electrons. The zero-order valence-electron chi connectivity index (χ0n) is 7.85. The van der Waals surface area contributed by atoms with Gasteiger partial charge in [0.2, 0.25) is 0 Å². The molecule has 0 aromatic rings. The highest BCUT2D eigenvalue weighted by molar-refractivity contribution is 4.55. The van der Waals surface area contributed by atoms with Gasteiger partial charge in [0.15, 0.2) is 0 Å². The Morgan fingerprint density at radius 3 is 2.30 bits per heavy atom. The van der Waals surface area contributed by atoms with Crippen LogP contribution in [0.2, 0.25) is 0 Å². The highest BCUT2D eigenvalue weighted by atomic mass is 15.1. The van der Waals surface area contributed by atoms with E-state index < -0.39 is 0 Å². The number of hydrogen-bond donors (Lipinski definition) is 0. The Morgan fingerprint density at radius 1 is 1.30 bits per heavy atom. The monoisotopic (exact) mass is 143 g/mol. The molecule has 0 saturated heterocycles. The minimum Gasteiger partial charge on any atom is -0.309 e. The van der Waals surface area contributed by atoms with E-state index >= 15 is 0 Å². The third-order valence-electron chi connectivity index (χ3n) is 1.73. The normalized spacial score (nSPS) is 14.1. The summed E-state index contributed by atoms with van der Waals surface area (Å²) in [6, 6.07) is 0. The van der Waals surface area contributed by atoms with Crippen molar-refractivity contribution in [2.45, 2.75) is 33.1 Å². The lowest BCUT2D eigenvalue weighted by Gasteiger charge is -2.15. The third-order valence-corrected chi connectivity index (χ3v) is 1.73. The first kappa shape index (κ1) is 9.96. The molecule has 1 atom stereocenters. The van der Waals surface area contributed by atoms with Crippen LogP contribution in [0.4, 0.5) is 0 Å². The van der Waals surface area contributed by atoms with Crippen molar-refractivity contribution in [2.75, 3.05) is 20.6 Å². The van der Waals surface area contributed by atoms with E-state index in [1.165, 1.54) is 25.8 Å². The van der Waals surface area contributed by atoms with Crippen LogP contribution in [0.25, 0.3) is 0 Å². The fourth-order valence-corrected chi connectivity index (χ4v) is 1.27. The molecule has 0 saturated carbocycles. The molecule has 0 aliphatic rings. The van der Waals surface area contributed by atoms with Gasteiger partial charge in [-0.25, -0.2) is 0 Å². The van der Waals surface area contributed by atoms with E-state index in [2.05, 4.69) is 32.8 Å². The third kappa shape index (κ3) is 6.09. The standard InChI is InChI=1S/C9H21N/c1-5-6-7-9(2)8-10(3)4/h9H,5-8H2,1-4H3/t9-/m0/s1. The van der Waals surface area contributed by atoms with Crippen LogP contribution in [-0.2, 0) is 0 Å². The molecular formula is C9H21N. The predicted octanol–water partition coefficient (Wildman–Crippen LogP) is 2.37. The van der Waals surface area contributed by atoms with E-state index in [-0.39, 0.29) is 0 Å². The summed E-state index contributed by atoms with van der Waals surface area (Å²) >= 11 is 0. The Hall–Kier alpha value is -0.0400. The lowest BCUT2D eigenvalue weighted by Crippen LogP contribution is -2.19. The highest BCUT2D eigenvalue weighted by Crippen LogP contribution is 2.07. The lowest BCUT2D eigenvalue weighted by atomic mass is 10.0. The van der Waals surface area contributed by atoms with E-state index in [9.17, 15) is 0 Å². The van der Waals surface area contributed by atoms with Crippen LogP contribution in [0.1, 0.15) is 33.1 Å². The molecule has 0 aliphatic heterocycles. The van der Waals surface area contributed by atoms with Gasteiger partial charge in [-0.2, -0.15) is 0 Å². The molecule has 0 spiro atoms. The molecule has 0 aromatic heterocycles. The molecule has 0 aromatic carbocycles.